The number of nitrogens with two attached hydrogens (primary N) is 1. The minimum Gasteiger partial charge on any atom is -0.360 e. The van der Waals surface area contributed by atoms with Crippen LogP contribution in [0.3, 0.4) is 0 Å². The van der Waals surface area contributed by atoms with Gasteiger partial charge in [0.25, 0.3) is 0 Å². The summed E-state index contributed by atoms with van der Waals surface area (Å²) in [6, 6.07) is 10.5. The molecule has 100 valence electrons. The number of nitrogens with zero attached hydrogens (tertiary/aromatic N) is 3. The molecule has 5 heteroatoms. The molecule has 3 aromatic rings. The van der Waals surface area contributed by atoms with Crippen LogP contribution in [-0.2, 0) is 6.42 Å². The zero-order valence-electron chi connectivity index (χ0n) is 10.9. The fourth-order valence-electron chi connectivity index (χ4n) is 2.93. The Kier molecular flexibility index (Phi) is 2.47. The fourth-order valence-corrected chi connectivity index (χ4v) is 2.93. The van der Waals surface area contributed by atoms with E-state index < -0.39 is 0 Å². The van der Waals surface area contributed by atoms with Gasteiger partial charge in [-0.05, 0) is 23.6 Å². The first kappa shape index (κ1) is 11.4. The Labute approximate surface area is 116 Å². The summed E-state index contributed by atoms with van der Waals surface area (Å²) in [5, 5.41) is 7.70. The van der Waals surface area contributed by atoms with Gasteiger partial charge in [0.2, 0.25) is 0 Å². The van der Waals surface area contributed by atoms with Crippen molar-refractivity contribution in [1.82, 2.24) is 14.6 Å². The van der Waals surface area contributed by atoms with E-state index in [2.05, 4.69) is 39.7 Å². The standard InChI is InChI=1S/C15H15N5/c16-12-9-10-3-1-2-4-11(10)14(12)19-15-13-5-6-18-20(13)8-7-17-15/h1-8,12,14H,9,16H2,(H,17,19). The smallest absolute Gasteiger partial charge is 0.152 e. The maximum Gasteiger partial charge on any atom is 0.152 e. The highest BCUT2D eigenvalue weighted by atomic mass is 15.2. The summed E-state index contributed by atoms with van der Waals surface area (Å²) in [5.74, 6) is 0.821. The molecule has 2 unspecified atom stereocenters. The zero-order valence-corrected chi connectivity index (χ0v) is 10.9. The van der Waals surface area contributed by atoms with E-state index >= 15 is 0 Å². The van der Waals surface area contributed by atoms with Crippen LogP contribution in [0.4, 0.5) is 5.82 Å². The lowest BCUT2D eigenvalue weighted by Gasteiger charge is -2.19. The molecule has 0 aliphatic heterocycles. The Bertz CT molecular complexity index is 764. The average Bonchev–Trinajstić information content (AvgIpc) is 3.05. The third-order valence-corrected chi connectivity index (χ3v) is 3.89. The summed E-state index contributed by atoms with van der Waals surface area (Å²) >= 11 is 0. The molecule has 4 rings (SSSR count). The van der Waals surface area contributed by atoms with Crippen molar-refractivity contribution in [2.75, 3.05) is 5.32 Å². The third kappa shape index (κ3) is 1.67. The largest absolute Gasteiger partial charge is 0.360 e. The lowest BCUT2D eigenvalue weighted by atomic mass is 10.1. The molecule has 1 aliphatic carbocycles. The summed E-state index contributed by atoms with van der Waals surface area (Å²) in [7, 11) is 0. The molecule has 0 saturated carbocycles. The molecule has 0 fully saturated rings. The number of benzene rings is 1. The van der Waals surface area contributed by atoms with Gasteiger partial charge in [-0.25, -0.2) is 9.50 Å². The molecule has 2 atom stereocenters. The second-order valence-electron chi connectivity index (χ2n) is 5.13. The maximum atomic E-state index is 6.28. The lowest BCUT2D eigenvalue weighted by Crippen LogP contribution is -2.30. The van der Waals surface area contributed by atoms with Crippen LogP contribution in [-0.4, -0.2) is 20.6 Å². The van der Waals surface area contributed by atoms with Gasteiger partial charge in [0, 0.05) is 18.4 Å². The van der Waals surface area contributed by atoms with Gasteiger partial charge in [0.05, 0.1) is 12.2 Å². The van der Waals surface area contributed by atoms with Crippen molar-refractivity contribution in [2.24, 2.45) is 5.73 Å². The number of anilines is 1. The highest BCUT2D eigenvalue weighted by Crippen LogP contribution is 2.33. The quantitative estimate of drug-likeness (QED) is 0.741. The second kappa shape index (κ2) is 4.31. The zero-order chi connectivity index (χ0) is 13.5. The van der Waals surface area contributed by atoms with E-state index in [0.717, 1.165) is 17.8 Å². The number of hydrogen-bond acceptors (Lipinski definition) is 4. The number of hydrogen-bond donors (Lipinski definition) is 2. The summed E-state index contributed by atoms with van der Waals surface area (Å²) in [5.41, 5.74) is 9.83. The van der Waals surface area contributed by atoms with E-state index in [-0.39, 0.29) is 12.1 Å². The second-order valence-corrected chi connectivity index (χ2v) is 5.13. The van der Waals surface area contributed by atoms with Gasteiger partial charge in [-0.1, -0.05) is 24.3 Å². The van der Waals surface area contributed by atoms with Crippen molar-refractivity contribution in [3.05, 3.63) is 60.0 Å². The normalized spacial score (nSPS) is 21.1. The van der Waals surface area contributed by atoms with Crippen LogP contribution in [0.5, 0.6) is 0 Å². The first-order valence-electron chi connectivity index (χ1n) is 6.71. The van der Waals surface area contributed by atoms with E-state index in [0.29, 0.717) is 0 Å². The number of rotatable bonds is 2. The van der Waals surface area contributed by atoms with E-state index in [9.17, 15) is 0 Å². The van der Waals surface area contributed by atoms with Crippen LogP contribution in [0.15, 0.2) is 48.9 Å². The highest BCUT2D eigenvalue weighted by Gasteiger charge is 2.30. The van der Waals surface area contributed by atoms with Gasteiger partial charge in [-0.2, -0.15) is 5.10 Å². The van der Waals surface area contributed by atoms with Gasteiger partial charge in [-0.3, -0.25) is 0 Å². The Morgan fingerprint density at radius 3 is 3.05 bits per heavy atom. The van der Waals surface area contributed by atoms with Crippen LogP contribution < -0.4 is 11.1 Å². The third-order valence-electron chi connectivity index (χ3n) is 3.89. The SMILES string of the molecule is NC1Cc2ccccc2C1Nc1nccn2nccc12. The minimum atomic E-state index is 0.0670. The topological polar surface area (TPSA) is 68.2 Å². The summed E-state index contributed by atoms with van der Waals surface area (Å²) in [4.78, 5) is 4.42. The first-order valence-corrected chi connectivity index (χ1v) is 6.71. The lowest BCUT2D eigenvalue weighted by molar-refractivity contribution is 0.624. The molecule has 1 aliphatic rings. The van der Waals surface area contributed by atoms with Crippen molar-refractivity contribution in [1.29, 1.82) is 0 Å². The van der Waals surface area contributed by atoms with Crippen LogP contribution in [0.25, 0.3) is 5.52 Å². The molecular formula is C15H15N5. The molecule has 0 radical (unpaired) electrons. The minimum absolute atomic E-state index is 0.0670. The predicted octanol–water partition coefficient (Wildman–Crippen LogP) is 1.77. The predicted molar refractivity (Wildman–Crippen MR) is 77.5 cm³/mol. The van der Waals surface area contributed by atoms with E-state index in [1.54, 1.807) is 12.4 Å². The molecule has 2 aromatic heterocycles. The molecular weight excluding hydrogens is 250 g/mol. The summed E-state index contributed by atoms with van der Waals surface area (Å²) < 4.78 is 1.81. The van der Waals surface area contributed by atoms with Crippen molar-refractivity contribution in [2.45, 2.75) is 18.5 Å². The molecule has 0 saturated heterocycles. The number of nitrogens with one attached hydrogen (secondary N) is 1. The van der Waals surface area contributed by atoms with Crippen LogP contribution >= 0.6 is 0 Å². The monoisotopic (exact) mass is 265 g/mol. The van der Waals surface area contributed by atoms with Crippen molar-refractivity contribution >= 4 is 11.3 Å². The Balaban J connectivity index is 1.74. The Morgan fingerprint density at radius 1 is 1.20 bits per heavy atom. The van der Waals surface area contributed by atoms with Gasteiger partial charge in [0.1, 0.15) is 5.52 Å². The Hall–Kier alpha value is -2.40. The van der Waals surface area contributed by atoms with Crippen molar-refractivity contribution in [3.63, 3.8) is 0 Å². The van der Waals surface area contributed by atoms with Crippen molar-refractivity contribution < 1.29 is 0 Å². The first-order chi connectivity index (χ1) is 9.83. The van der Waals surface area contributed by atoms with Gasteiger partial charge in [-0.15, -0.1) is 0 Å². The van der Waals surface area contributed by atoms with Crippen molar-refractivity contribution in [3.8, 4) is 0 Å². The number of fused-ring (bicyclic) bond motifs is 2. The number of aromatic nitrogens is 3. The van der Waals surface area contributed by atoms with Gasteiger partial charge in [0.15, 0.2) is 5.82 Å². The molecule has 5 nitrogen and oxygen atoms in total. The van der Waals surface area contributed by atoms with Gasteiger partial charge >= 0.3 is 0 Å². The highest BCUT2D eigenvalue weighted by molar-refractivity contribution is 5.67. The molecule has 0 spiro atoms. The molecule has 0 amide bonds. The fraction of sp³-hybridized carbons (Fsp3) is 0.200. The van der Waals surface area contributed by atoms with Crippen LogP contribution in [0, 0.1) is 0 Å². The summed E-state index contributed by atoms with van der Waals surface area (Å²) in [6.07, 6.45) is 6.25. The maximum absolute atomic E-state index is 6.28. The molecule has 3 N–H and O–H groups in total. The van der Waals surface area contributed by atoms with Gasteiger partial charge < -0.3 is 11.1 Å². The Morgan fingerprint density at radius 2 is 2.10 bits per heavy atom. The van der Waals surface area contributed by atoms with E-state index in [1.165, 1.54) is 11.1 Å². The molecule has 2 heterocycles. The van der Waals surface area contributed by atoms with E-state index in [1.807, 2.05) is 16.8 Å². The molecule has 1 aromatic carbocycles. The summed E-state index contributed by atoms with van der Waals surface area (Å²) in [6.45, 7) is 0. The van der Waals surface area contributed by atoms with Crippen LogP contribution in [0.1, 0.15) is 17.2 Å². The average molecular weight is 265 g/mol. The molecule has 0 bridgehead atoms. The van der Waals surface area contributed by atoms with Crippen LogP contribution in [0.2, 0.25) is 0 Å². The van der Waals surface area contributed by atoms with E-state index in [4.69, 9.17) is 5.73 Å². The molecule has 20 heavy (non-hydrogen) atoms.